The first kappa shape index (κ1) is 17.1. The zero-order valence-corrected chi connectivity index (χ0v) is 14.7. The van der Waals surface area contributed by atoms with Crippen LogP contribution in [0.3, 0.4) is 0 Å². The third-order valence-electron chi connectivity index (χ3n) is 5.12. The molecule has 0 radical (unpaired) electrons. The number of halogens is 2. The first-order valence-electron chi connectivity index (χ1n) is 8.22. The molecule has 0 bridgehead atoms. The fourth-order valence-corrected chi connectivity index (χ4v) is 4.07. The van der Waals surface area contributed by atoms with Gasteiger partial charge in [-0.15, -0.1) is 9.24 Å². The second-order valence-corrected chi connectivity index (χ2v) is 7.17. The zero-order valence-electron chi connectivity index (χ0n) is 13.6. The smallest absolute Gasteiger partial charge is 0.262 e. The number of carbonyl (C=O) groups excluding carboxylic acids is 3. The highest BCUT2D eigenvalue weighted by Gasteiger charge is 2.47. The average molecular weight is 380 g/mol. The summed E-state index contributed by atoms with van der Waals surface area (Å²) in [4.78, 5) is 37.8. The molecule has 2 atom stereocenters. The zero-order chi connectivity index (χ0) is 18.7. The Kier molecular flexibility index (Phi) is 3.84. The van der Waals surface area contributed by atoms with Gasteiger partial charge in [-0.3, -0.25) is 24.6 Å². The Balaban J connectivity index is 1.93. The topological polar surface area (TPSA) is 86.7 Å². The molecule has 1 aliphatic carbocycles. The summed E-state index contributed by atoms with van der Waals surface area (Å²) in [5.41, 5.74) is 0.781. The van der Waals surface area contributed by atoms with Crippen LogP contribution in [0.15, 0.2) is 5.57 Å². The molecule has 2 fully saturated rings. The highest BCUT2D eigenvalue weighted by atomic mass is 31.0. The Morgan fingerprint density at radius 2 is 1.77 bits per heavy atom. The van der Waals surface area contributed by atoms with E-state index in [4.69, 9.17) is 0 Å². The van der Waals surface area contributed by atoms with Crippen molar-refractivity contribution in [1.29, 1.82) is 0 Å². The molecule has 3 amide bonds. The van der Waals surface area contributed by atoms with E-state index < -0.39 is 46.7 Å². The van der Waals surface area contributed by atoms with Crippen LogP contribution in [-0.4, -0.2) is 33.8 Å². The number of hydrogen-bond acceptors (Lipinski definition) is 4. The van der Waals surface area contributed by atoms with Gasteiger partial charge in [-0.1, -0.05) is 0 Å². The van der Waals surface area contributed by atoms with Gasteiger partial charge in [0, 0.05) is 17.3 Å². The molecule has 6 nitrogen and oxygen atoms in total. The number of benzene rings is 1. The molecule has 1 aromatic carbocycles. The number of allylic oxidation sites excluding steroid dienone is 1. The van der Waals surface area contributed by atoms with Crippen LogP contribution in [0.2, 0.25) is 0 Å². The highest BCUT2D eigenvalue weighted by Crippen LogP contribution is 2.45. The number of imide groups is 1. The standard InChI is InChI=1S/C17H15F2N2O4P/c18-11-9-10(15(26)12(19)14(11)23)13(6-2-1-3-6)21(17(9)25)7-4-5-8(22)20-16(7)24/h7,23H,1-5,26H2,(H,20,22,24). The number of phenols is 1. The van der Waals surface area contributed by atoms with E-state index >= 15 is 0 Å². The Bertz CT molecular complexity index is 922. The van der Waals surface area contributed by atoms with E-state index in [2.05, 4.69) is 14.6 Å². The fraction of sp³-hybridized carbons (Fsp3) is 0.353. The number of nitrogens with one attached hydrogen (secondary N) is 1. The summed E-state index contributed by atoms with van der Waals surface area (Å²) in [5, 5.41) is 11.7. The summed E-state index contributed by atoms with van der Waals surface area (Å²) in [6.07, 6.45) is 2.33. The van der Waals surface area contributed by atoms with E-state index in [1.807, 2.05) is 0 Å². The number of aromatic hydroxyl groups is 1. The summed E-state index contributed by atoms with van der Waals surface area (Å²) in [7, 11) is 2.10. The van der Waals surface area contributed by atoms with E-state index in [0.29, 0.717) is 18.5 Å². The molecule has 3 aliphatic rings. The summed E-state index contributed by atoms with van der Waals surface area (Å²) in [5.74, 6) is -5.59. The normalized spacial score (nSPS) is 22.5. The second kappa shape index (κ2) is 5.84. The third-order valence-corrected chi connectivity index (χ3v) is 5.66. The van der Waals surface area contributed by atoms with Crippen molar-refractivity contribution >= 4 is 38.0 Å². The summed E-state index contributed by atoms with van der Waals surface area (Å²) >= 11 is 0. The molecule has 2 aliphatic heterocycles. The summed E-state index contributed by atoms with van der Waals surface area (Å²) in [6, 6.07) is -0.982. The van der Waals surface area contributed by atoms with Crippen molar-refractivity contribution in [3.63, 3.8) is 0 Å². The molecular formula is C17H15F2N2O4P. The van der Waals surface area contributed by atoms with Crippen molar-refractivity contribution in [3.05, 3.63) is 28.3 Å². The first-order valence-corrected chi connectivity index (χ1v) is 8.79. The lowest BCUT2D eigenvalue weighted by Gasteiger charge is -2.33. The van der Waals surface area contributed by atoms with Crippen LogP contribution in [0, 0.1) is 11.6 Å². The molecule has 1 saturated heterocycles. The number of carbonyl (C=O) groups is 3. The Labute approximate surface area is 149 Å². The molecule has 136 valence electrons. The molecule has 1 aromatic rings. The van der Waals surface area contributed by atoms with Crippen LogP contribution in [0.4, 0.5) is 8.78 Å². The maximum atomic E-state index is 14.5. The van der Waals surface area contributed by atoms with Crippen molar-refractivity contribution in [2.24, 2.45) is 0 Å². The second-order valence-electron chi connectivity index (χ2n) is 6.59. The molecule has 2 N–H and O–H groups in total. The van der Waals surface area contributed by atoms with Crippen molar-refractivity contribution in [2.45, 2.75) is 38.1 Å². The van der Waals surface area contributed by atoms with Crippen LogP contribution in [0.25, 0.3) is 5.70 Å². The van der Waals surface area contributed by atoms with Crippen LogP contribution in [0.1, 0.15) is 48.0 Å². The maximum absolute atomic E-state index is 14.5. The lowest BCUT2D eigenvalue weighted by Crippen LogP contribution is -2.52. The lowest BCUT2D eigenvalue weighted by molar-refractivity contribution is -0.136. The average Bonchev–Trinajstić information content (AvgIpc) is 2.83. The van der Waals surface area contributed by atoms with Gasteiger partial charge < -0.3 is 5.11 Å². The molecule has 2 unspecified atom stereocenters. The molecule has 0 aromatic heterocycles. The minimum atomic E-state index is -1.33. The van der Waals surface area contributed by atoms with Crippen LogP contribution >= 0.6 is 9.24 Å². The van der Waals surface area contributed by atoms with E-state index in [1.165, 1.54) is 0 Å². The molecule has 26 heavy (non-hydrogen) atoms. The first-order chi connectivity index (χ1) is 12.3. The third kappa shape index (κ3) is 2.21. The minimum Gasteiger partial charge on any atom is -0.503 e. The van der Waals surface area contributed by atoms with Gasteiger partial charge in [0.05, 0.1) is 11.3 Å². The van der Waals surface area contributed by atoms with Crippen molar-refractivity contribution in [3.8, 4) is 5.75 Å². The van der Waals surface area contributed by atoms with Gasteiger partial charge in [-0.2, -0.15) is 0 Å². The van der Waals surface area contributed by atoms with Gasteiger partial charge in [0.1, 0.15) is 6.04 Å². The summed E-state index contributed by atoms with van der Waals surface area (Å²) in [6.45, 7) is 0. The van der Waals surface area contributed by atoms with Gasteiger partial charge >= 0.3 is 0 Å². The molecule has 1 saturated carbocycles. The largest absolute Gasteiger partial charge is 0.503 e. The van der Waals surface area contributed by atoms with Gasteiger partial charge in [-0.25, -0.2) is 8.78 Å². The van der Waals surface area contributed by atoms with Crippen LogP contribution < -0.4 is 10.6 Å². The van der Waals surface area contributed by atoms with E-state index in [-0.39, 0.29) is 23.7 Å². The van der Waals surface area contributed by atoms with Crippen molar-refractivity contribution in [2.75, 3.05) is 0 Å². The van der Waals surface area contributed by atoms with E-state index in [1.54, 1.807) is 0 Å². The monoisotopic (exact) mass is 380 g/mol. The molecule has 4 rings (SSSR count). The summed E-state index contributed by atoms with van der Waals surface area (Å²) < 4.78 is 28.8. The number of hydrogen-bond donors (Lipinski definition) is 2. The molecule has 9 heteroatoms. The number of fused-ring (bicyclic) bond motifs is 1. The number of amides is 3. The Morgan fingerprint density at radius 1 is 1.08 bits per heavy atom. The van der Waals surface area contributed by atoms with Gasteiger partial charge in [0.2, 0.25) is 11.8 Å². The number of nitrogens with zero attached hydrogens (tertiary/aromatic N) is 1. The molecular weight excluding hydrogens is 365 g/mol. The van der Waals surface area contributed by atoms with Crippen molar-refractivity contribution < 1.29 is 28.3 Å². The van der Waals surface area contributed by atoms with E-state index in [9.17, 15) is 28.3 Å². The lowest BCUT2D eigenvalue weighted by atomic mass is 9.87. The SMILES string of the molecule is O=C1CCC(N2C(=O)c3c(F)c(O)c(F)c(P)c3C2=C2CCC2)C(=O)N1. The molecule has 0 spiro atoms. The van der Waals surface area contributed by atoms with Gasteiger partial charge in [-0.05, 0) is 31.3 Å². The minimum absolute atomic E-state index is 0.0506. The predicted molar refractivity (Wildman–Crippen MR) is 90.5 cm³/mol. The van der Waals surface area contributed by atoms with Crippen LogP contribution in [-0.2, 0) is 9.59 Å². The van der Waals surface area contributed by atoms with E-state index in [0.717, 1.165) is 16.9 Å². The fourth-order valence-electron chi connectivity index (χ4n) is 3.65. The maximum Gasteiger partial charge on any atom is 0.262 e. The number of phenolic OH excluding ortho intramolecular Hbond substituents is 1. The van der Waals surface area contributed by atoms with Gasteiger partial charge in [0.15, 0.2) is 17.4 Å². The highest BCUT2D eigenvalue weighted by molar-refractivity contribution is 7.27. The number of rotatable bonds is 1. The Hall–Kier alpha value is -2.34. The van der Waals surface area contributed by atoms with Crippen molar-refractivity contribution in [1.82, 2.24) is 10.2 Å². The predicted octanol–water partition coefficient (Wildman–Crippen LogP) is 1.33. The van der Waals surface area contributed by atoms with Gasteiger partial charge in [0.25, 0.3) is 5.91 Å². The van der Waals surface area contributed by atoms with Crippen LogP contribution in [0.5, 0.6) is 5.75 Å². The Morgan fingerprint density at radius 3 is 2.35 bits per heavy atom. The molecule has 2 heterocycles. The number of piperidine rings is 1. The quantitative estimate of drug-likeness (QED) is 0.569.